The third-order valence-corrected chi connectivity index (χ3v) is 3.10. The molecule has 0 aromatic carbocycles. The molecule has 2 aromatic heterocycles. The van der Waals surface area contributed by atoms with E-state index in [1.165, 1.54) is 17.5 Å². The van der Waals surface area contributed by atoms with Gasteiger partial charge in [0.25, 0.3) is 0 Å². The zero-order chi connectivity index (χ0) is 11.4. The number of pyridine rings is 1. The Bertz CT molecular complexity index is 444. The van der Waals surface area contributed by atoms with Crippen molar-refractivity contribution in [3.63, 3.8) is 0 Å². The first kappa shape index (κ1) is 11.2. The van der Waals surface area contributed by atoms with Crippen molar-refractivity contribution in [2.45, 2.75) is 13.0 Å². The van der Waals surface area contributed by atoms with Gasteiger partial charge in [0.05, 0.1) is 17.7 Å². The Kier molecular flexibility index (Phi) is 3.58. The van der Waals surface area contributed by atoms with E-state index < -0.39 is 0 Å². The Morgan fingerprint density at radius 1 is 1.44 bits per heavy atom. The molecular weight excluding hydrogens is 225 g/mol. The van der Waals surface area contributed by atoms with E-state index in [9.17, 15) is 4.39 Å². The summed E-state index contributed by atoms with van der Waals surface area (Å²) < 4.78 is 13.6. The summed E-state index contributed by atoms with van der Waals surface area (Å²) in [5.41, 5.74) is 2.36. The molecule has 1 unspecified atom stereocenters. The molecule has 0 aliphatic heterocycles. The van der Waals surface area contributed by atoms with Crippen LogP contribution < -0.4 is 5.32 Å². The molecule has 0 spiro atoms. The van der Waals surface area contributed by atoms with Gasteiger partial charge in [-0.15, -0.1) is 11.3 Å². The van der Waals surface area contributed by atoms with Gasteiger partial charge < -0.3 is 5.32 Å². The van der Waals surface area contributed by atoms with E-state index in [4.69, 9.17) is 0 Å². The molecule has 0 fully saturated rings. The van der Waals surface area contributed by atoms with E-state index in [1.54, 1.807) is 24.0 Å². The number of halogens is 1. The van der Waals surface area contributed by atoms with E-state index in [-0.39, 0.29) is 11.9 Å². The number of aromatic nitrogens is 2. The van der Waals surface area contributed by atoms with E-state index in [2.05, 4.69) is 15.3 Å². The zero-order valence-corrected chi connectivity index (χ0v) is 9.67. The summed E-state index contributed by atoms with van der Waals surface area (Å²) in [6.45, 7) is 2.76. The van der Waals surface area contributed by atoms with Crippen LogP contribution >= 0.6 is 11.3 Å². The van der Waals surface area contributed by atoms with Crippen LogP contribution in [-0.4, -0.2) is 16.5 Å². The van der Waals surface area contributed by atoms with E-state index >= 15 is 0 Å². The molecule has 2 aromatic rings. The number of nitrogens with zero attached hydrogens (tertiary/aromatic N) is 2. The number of rotatable bonds is 4. The second-order valence-electron chi connectivity index (χ2n) is 3.29. The van der Waals surface area contributed by atoms with Crippen molar-refractivity contribution in [1.82, 2.24) is 15.3 Å². The first-order valence-corrected chi connectivity index (χ1v) is 5.92. The average Bonchev–Trinajstić information content (AvgIpc) is 2.80. The highest BCUT2D eigenvalue weighted by Crippen LogP contribution is 2.26. The molecule has 16 heavy (non-hydrogen) atoms. The van der Waals surface area contributed by atoms with Gasteiger partial charge in [0.15, 0.2) is 0 Å². The second kappa shape index (κ2) is 5.14. The fourth-order valence-corrected chi connectivity index (χ4v) is 2.27. The van der Waals surface area contributed by atoms with E-state index in [0.29, 0.717) is 5.56 Å². The maximum atomic E-state index is 13.6. The van der Waals surface area contributed by atoms with Gasteiger partial charge in [0.1, 0.15) is 5.82 Å². The van der Waals surface area contributed by atoms with E-state index in [0.717, 1.165) is 11.4 Å². The average molecular weight is 237 g/mol. The molecule has 2 heterocycles. The van der Waals surface area contributed by atoms with Gasteiger partial charge in [-0.05, 0) is 12.6 Å². The van der Waals surface area contributed by atoms with E-state index in [1.807, 2.05) is 6.92 Å². The lowest BCUT2D eigenvalue weighted by atomic mass is 10.1. The summed E-state index contributed by atoms with van der Waals surface area (Å²) in [4.78, 5) is 8.78. The predicted octanol–water partition coefficient (Wildman–Crippen LogP) is 2.38. The third kappa shape index (κ3) is 2.25. The van der Waals surface area contributed by atoms with Crippen LogP contribution in [0.2, 0.25) is 0 Å². The molecular formula is C11H12FN3S. The van der Waals surface area contributed by atoms with Crippen LogP contribution in [0, 0.1) is 5.82 Å². The summed E-state index contributed by atoms with van der Waals surface area (Å²) >= 11 is 1.51. The van der Waals surface area contributed by atoms with Crippen LogP contribution in [0.4, 0.5) is 4.39 Å². The first-order valence-electron chi connectivity index (χ1n) is 5.04. The van der Waals surface area contributed by atoms with Gasteiger partial charge in [-0.2, -0.15) is 0 Å². The summed E-state index contributed by atoms with van der Waals surface area (Å²) in [6.07, 6.45) is 4.60. The number of thiazole rings is 1. The highest BCUT2D eigenvalue weighted by molar-refractivity contribution is 7.09. The topological polar surface area (TPSA) is 37.8 Å². The molecule has 0 radical (unpaired) electrons. The minimum Gasteiger partial charge on any atom is -0.306 e. The maximum absolute atomic E-state index is 13.6. The van der Waals surface area contributed by atoms with Crippen molar-refractivity contribution >= 4 is 11.3 Å². The maximum Gasteiger partial charge on any atom is 0.146 e. The van der Waals surface area contributed by atoms with Crippen LogP contribution in [0.15, 0.2) is 30.2 Å². The minimum absolute atomic E-state index is 0.138. The molecule has 5 heteroatoms. The Labute approximate surface area is 97.4 Å². The highest BCUT2D eigenvalue weighted by atomic mass is 32.1. The van der Waals surface area contributed by atoms with Crippen molar-refractivity contribution in [3.8, 4) is 0 Å². The minimum atomic E-state index is -0.290. The van der Waals surface area contributed by atoms with Gasteiger partial charge in [0, 0.05) is 22.8 Å². The predicted molar refractivity (Wildman–Crippen MR) is 61.8 cm³/mol. The molecule has 1 atom stereocenters. The Balaban J connectivity index is 2.37. The molecule has 0 saturated heterocycles. The van der Waals surface area contributed by atoms with Crippen molar-refractivity contribution in [1.29, 1.82) is 0 Å². The van der Waals surface area contributed by atoms with Gasteiger partial charge in [0.2, 0.25) is 0 Å². The zero-order valence-electron chi connectivity index (χ0n) is 8.85. The Hall–Kier alpha value is -1.33. The molecule has 84 valence electrons. The third-order valence-electron chi connectivity index (χ3n) is 2.26. The molecule has 0 amide bonds. The second-order valence-corrected chi connectivity index (χ2v) is 4.21. The molecule has 2 rings (SSSR count). The number of hydrogen-bond acceptors (Lipinski definition) is 4. The number of hydrogen-bond donors (Lipinski definition) is 1. The molecule has 0 aliphatic carbocycles. The van der Waals surface area contributed by atoms with Crippen LogP contribution in [0.5, 0.6) is 0 Å². The van der Waals surface area contributed by atoms with Crippen LogP contribution in [-0.2, 0) is 0 Å². The Morgan fingerprint density at radius 3 is 2.94 bits per heavy atom. The van der Waals surface area contributed by atoms with Crippen molar-refractivity contribution in [3.05, 3.63) is 46.4 Å². The van der Waals surface area contributed by atoms with Gasteiger partial charge in [-0.3, -0.25) is 9.97 Å². The van der Waals surface area contributed by atoms with Crippen LogP contribution in [0.1, 0.15) is 23.4 Å². The standard InChI is InChI=1S/C11H12FN3S/c1-2-15-11(10-6-14-7-16-10)8-3-4-13-5-9(8)12/h3-7,11,15H,2H2,1H3. The summed E-state index contributed by atoms with van der Waals surface area (Å²) in [5, 5.41) is 3.24. The molecule has 0 aliphatic rings. The smallest absolute Gasteiger partial charge is 0.146 e. The monoisotopic (exact) mass is 237 g/mol. The summed E-state index contributed by atoms with van der Waals surface area (Å²) in [6, 6.07) is 1.56. The number of nitrogens with one attached hydrogen (secondary N) is 1. The largest absolute Gasteiger partial charge is 0.306 e. The molecule has 3 nitrogen and oxygen atoms in total. The highest BCUT2D eigenvalue weighted by Gasteiger charge is 2.17. The first-order chi connectivity index (χ1) is 7.83. The van der Waals surface area contributed by atoms with Gasteiger partial charge in [-0.1, -0.05) is 6.92 Å². The lowest BCUT2D eigenvalue weighted by Gasteiger charge is -2.16. The van der Waals surface area contributed by atoms with Crippen LogP contribution in [0.25, 0.3) is 0 Å². The lowest BCUT2D eigenvalue weighted by molar-refractivity contribution is 0.558. The molecule has 1 N–H and O–H groups in total. The lowest BCUT2D eigenvalue weighted by Crippen LogP contribution is -2.22. The molecule has 0 bridgehead atoms. The van der Waals surface area contributed by atoms with Gasteiger partial charge >= 0.3 is 0 Å². The fourth-order valence-electron chi connectivity index (χ4n) is 1.56. The summed E-state index contributed by atoms with van der Waals surface area (Å²) in [7, 11) is 0. The molecule has 0 saturated carbocycles. The SMILES string of the molecule is CCNC(c1cncs1)c1ccncc1F. The van der Waals surface area contributed by atoms with Crippen molar-refractivity contribution in [2.75, 3.05) is 6.54 Å². The normalized spacial score (nSPS) is 12.6. The fraction of sp³-hybridized carbons (Fsp3) is 0.273. The quantitative estimate of drug-likeness (QED) is 0.887. The van der Waals surface area contributed by atoms with Crippen molar-refractivity contribution in [2.24, 2.45) is 0 Å². The Morgan fingerprint density at radius 2 is 2.31 bits per heavy atom. The van der Waals surface area contributed by atoms with Gasteiger partial charge in [-0.25, -0.2) is 4.39 Å². The van der Waals surface area contributed by atoms with Crippen molar-refractivity contribution < 1.29 is 4.39 Å². The summed E-state index contributed by atoms with van der Waals surface area (Å²) in [5.74, 6) is -0.290. The van der Waals surface area contributed by atoms with Crippen LogP contribution in [0.3, 0.4) is 0 Å².